The van der Waals surface area contributed by atoms with Crippen LogP contribution in [-0.2, 0) is 9.63 Å². The average Bonchev–Trinajstić information content (AvgIpc) is 2.83. The van der Waals surface area contributed by atoms with Crippen LogP contribution in [0.15, 0.2) is 24.3 Å². The number of para-hydroxylation sites is 1. The van der Waals surface area contributed by atoms with Gasteiger partial charge < -0.3 is 5.32 Å². The number of nitrogens with one attached hydrogen (secondary N) is 1. The maximum atomic E-state index is 12.1. The van der Waals surface area contributed by atoms with Gasteiger partial charge in [0, 0.05) is 31.1 Å². The van der Waals surface area contributed by atoms with Gasteiger partial charge in [-0.15, -0.1) is 0 Å². The van der Waals surface area contributed by atoms with Crippen LogP contribution < -0.4 is 5.32 Å². The van der Waals surface area contributed by atoms with Gasteiger partial charge in [-0.3, -0.25) is 9.63 Å². The van der Waals surface area contributed by atoms with Crippen LogP contribution in [0.3, 0.4) is 0 Å². The van der Waals surface area contributed by atoms with Crippen molar-refractivity contribution in [2.24, 2.45) is 0 Å². The Bertz CT molecular complexity index is 441. The SMILES string of the molecule is O=C(CC1CNc2ccccc21)N1CCCCO1. The lowest BCUT2D eigenvalue weighted by Gasteiger charge is -2.26. The van der Waals surface area contributed by atoms with Gasteiger partial charge in [0.05, 0.1) is 6.61 Å². The molecule has 0 aliphatic carbocycles. The van der Waals surface area contributed by atoms with Crippen LogP contribution in [0.25, 0.3) is 0 Å². The molecule has 1 unspecified atom stereocenters. The zero-order valence-corrected chi connectivity index (χ0v) is 10.4. The first-order chi connectivity index (χ1) is 8.84. The second-order valence-electron chi connectivity index (χ2n) is 4.91. The predicted molar refractivity (Wildman–Crippen MR) is 69.2 cm³/mol. The molecule has 2 aliphatic heterocycles. The fourth-order valence-electron chi connectivity index (χ4n) is 2.65. The van der Waals surface area contributed by atoms with Crippen molar-refractivity contribution in [2.45, 2.75) is 25.2 Å². The van der Waals surface area contributed by atoms with Gasteiger partial charge in [-0.1, -0.05) is 18.2 Å². The first-order valence-electron chi connectivity index (χ1n) is 6.60. The summed E-state index contributed by atoms with van der Waals surface area (Å²) >= 11 is 0. The molecule has 0 saturated carbocycles. The third-order valence-electron chi connectivity index (χ3n) is 3.64. The molecule has 0 aromatic heterocycles. The first-order valence-corrected chi connectivity index (χ1v) is 6.60. The second-order valence-corrected chi connectivity index (χ2v) is 4.91. The standard InChI is InChI=1S/C14H18N2O2/c17-14(16-7-3-4-8-18-16)9-11-10-15-13-6-2-1-5-12(11)13/h1-2,5-6,11,15H,3-4,7-10H2. The van der Waals surface area contributed by atoms with Crippen molar-refractivity contribution < 1.29 is 9.63 Å². The molecule has 1 N–H and O–H groups in total. The Morgan fingerprint density at radius 1 is 1.39 bits per heavy atom. The lowest BCUT2D eigenvalue weighted by atomic mass is 9.97. The number of carbonyl (C=O) groups is 1. The van der Waals surface area contributed by atoms with E-state index in [-0.39, 0.29) is 11.8 Å². The molecule has 1 saturated heterocycles. The van der Waals surface area contributed by atoms with Crippen molar-refractivity contribution in [2.75, 3.05) is 25.0 Å². The maximum Gasteiger partial charge on any atom is 0.246 e. The molecule has 1 fully saturated rings. The normalized spacial score (nSPS) is 22.4. The Morgan fingerprint density at radius 2 is 2.28 bits per heavy atom. The molecule has 4 nitrogen and oxygen atoms in total. The van der Waals surface area contributed by atoms with Crippen LogP contribution in [-0.4, -0.2) is 30.7 Å². The predicted octanol–water partition coefficient (Wildman–Crippen LogP) is 2.14. The molecule has 1 aromatic carbocycles. The molecule has 2 aliphatic rings. The Labute approximate surface area is 107 Å². The molecule has 1 atom stereocenters. The third-order valence-corrected chi connectivity index (χ3v) is 3.64. The summed E-state index contributed by atoms with van der Waals surface area (Å²) in [5.74, 6) is 0.387. The van der Waals surface area contributed by atoms with Gasteiger partial charge in [-0.05, 0) is 24.5 Å². The van der Waals surface area contributed by atoms with Crippen LogP contribution in [0, 0.1) is 0 Å². The number of hydroxylamine groups is 2. The molecule has 0 radical (unpaired) electrons. The highest BCUT2D eigenvalue weighted by Crippen LogP contribution is 2.33. The number of carbonyl (C=O) groups excluding carboxylic acids is 1. The molecule has 3 rings (SSSR count). The van der Waals surface area contributed by atoms with Gasteiger partial charge in [-0.25, -0.2) is 5.06 Å². The summed E-state index contributed by atoms with van der Waals surface area (Å²) in [6.45, 7) is 2.25. The van der Waals surface area contributed by atoms with E-state index in [0.717, 1.165) is 31.6 Å². The molecule has 2 heterocycles. The molecule has 0 spiro atoms. The average molecular weight is 246 g/mol. The highest BCUT2D eigenvalue weighted by atomic mass is 16.7. The van der Waals surface area contributed by atoms with Gasteiger partial charge in [0.15, 0.2) is 0 Å². The number of fused-ring (bicyclic) bond motifs is 1. The summed E-state index contributed by atoms with van der Waals surface area (Å²) < 4.78 is 0. The number of hydrogen-bond acceptors (Lipinski definition) is 3. The van der Waals surface area contributed by atoms with Gasteiger partial charge in [0.2, 0.25) is 5.91 Å². The summed E-state index contributed by atoms with van der Waals surface area (Å²) in [4.78, 5) is 17.5. The number of rotatable bonds is 2. The highest BCUT2D eigenvalue weighted by Gasteiger charge is 2.27. The summed E-state index contributed by atoms with van der Waals surface area (Å²) in [5.41, 5.74) is 2.41. The Balaban J connectivity index is 1.65. The Kier molecular flexibility index (Phi) is 3.19. The summed E-state index contributed by atoms with van der Waals surface area (Å²) in [6, 6.07) is 8.21. The minimum absolute atomic E-state index is 0.109. The largest absolute Gasteiger partial charge is 0.384 e. The molecular weight excluding hydrogens is 228 g/mol. The molecular formula is C14H18N2O2. The maximum absolute atomic E-state index is 12.1. The van der Waals surface area contributed by atoms with Crippen molar-refractivity contribution in [1.29, 1.82) is 0 Å². The van der Waals surface area contributed by atoms with Crippen LogP contribution in [0.4, 0.5) is 5.69 Å². The highest BCUT2D eigenvalue weighted by molar-refractivity contribution is 5.77. The van der Waals surface area contributed by atoms with Crippen molar-refractivity contribution in [1.82, 2.24) is 5.06 Å². The van der Waals surface area contributed by atoms with Crippen LogP contribution in [0.2, 0.25) is 0 Å². The third kappa shape index (κ3) is 2.20. The van der Waals surface area contributed by atoms with Crippen LogP contribution in [0.1, 0.15) is 30.7 Å². The molecule has 18 heavy (non-hydrogen) atoms. The smallest absolute Gasteiger partial charge is 0.246 e. The molecule has 4 heteroatoms. The van der Waals surface area contributed by atoms with Crippen LogP contribution >= 0.6 is 0 Å². The second kappa shape index (κ2) is 4.98. The van der Waals surface area contributed by atoms with Gasteiger partial charge in [-0.2, -0.15) is 0 Å². The van der Waals surface area contributed by atoms with E-state index < -0.39 is 0 Å². The molecule has 0 bridgehead atoms. The fourth-order valence-corrected chi connectivity index (χ4v) is 2.65. The Morgan fingerprint density at radius 3 is 3.11 bits per heavy atom. The van der Waals surface area contributed by atoms with Crippen molar-refractivity contribution in [3.63, 3.8) is 0 Å². The van der Waals surface area contributed by atoms with Gasteiger partial charge in [0.25, 0.3) is 0 Å². The number of nitrogens with zero attached hydrogens (tertiary/aromatic N) is 1. The van der Waals surface area contributed by atoms with E-state index in [9.17, 15) is 4.79 Å². The van der Waals surface area contributed by atoms with Gasteiger partial charge >= 0.3 is 0 Å². The number of anilines is 1. The van der Waals surface area contributed by atoms with E-state index in [1.54, 1.807) is 5.06 Å². The quantitative estimate of drug-likeness (QED) is 0.869. The summed E-state index contributed by atoms with van der Waals surface area (Å²) in [6.07, 6.45) is 2.63. The number of hydrogen-bond donors (Lipinski definition) is 1. The summed E-state index contributed by atoms with van der Waals surface area (Å²) in [5, 5.41) is 4.89. The molecule has 1 amide bonds. The van der Waals surface area contributed by atoms with E-state index in [1.165, 1.54) is 5.56 Å². The van der Waals surface area contributed by atoms with Crippen molar-refractivity contribution in [3.8, 4) is 0 Å². The lowest BCUT2D eigenvalue weighted by molar-refractivity contribution is -0.197. The van der Waals surface area contributed by atoms with E-state index in [0.29, 0.717) is 13.0 Å². The topological polar surface area (TPSA) is 41.6 Å². The van der Waals surface area contributed by atoms with Crippen LogP contribution in [0.5, 0.6) is 0 Å². The van der Waals surface area contributed by atoms with E-state index >= 15 is 0 Å². The van der Waals surface area contributed by atoms with E-state index in [1.807, 2.05) is 12.1 Å². The number of amides is 1. The summed E-state index contributed by atoms with van der Waals surface area (Å²) in [7, 11) is 0. The molecule has 1 aromatic rings. The monoisotopic (exact) mass is 246 g/mol. The van der Waals surface area contributed by atoms with Gasteiger partial charge in [0.1, 0.15) is 0 Å². The zero-order chi connectivity index (χ0) is 12.4. The first kappa shape index (κ1) is 11.5. The molecule has 96 valence electrons. The Hall–Kier alpha value is -1.55. The minimum atomic E-state index is 0.109. The van der Waals surface area contributed by atoms with Crippen molar-refractivity contribution >= 4 is 11.6 Å². The van der Waals surface area contributed by atoms with Crippen molar-refractivity contribution in [3.05, 3.63) is 29.8 Å². The lowest BCUT2D eigenvalue weighted by Crippen LogP contribution is -2.36. The number of benzene rings is 1. The minimum Gasteiger partial charge on any atom is -0.384 e. The fraction of sp³-hybridized carbons (Fsp3) is 0.500. The van der Waals surface area contributed by atoms with E-state index in [2.05, 4.69) is 17.4 Å². The van der Waals surface area contributed by atoms with E-state index in [4.69, 9.17) is 4.84 Å². The zero-order valence-electron chi connectivity index (χ0n) is 10.4.